The molecule has 1 aromatic carbocycles. The maximum Gasteiger partial charge on any atom is 0.268 e. The van der Waals surface area contributed by atoms with Gasteiger partial charge in [0.2, 0.25) is 5.91 Å². The highest BCUT2D eigenvalue weighted by atomic mass is 32.2. The number of phenols is 2. The molecule has 30 heavy (non-hydrogen) atoms. The molecule has 0 heterocycles. The number of aryl methyl sites for hydroxylation is 1. The van der Waals surface area contributed by atoms with Gasteiger partial charge in [0.1, 0.15) is 22.2 Å². The van der Waals surface area contributed by atoms with Gasteiger partial charge in [0, 0.05) is 11.5 Å². The fraction of sp³-hybridized carbons (Fsp3) is 0.545. The Morgan fingerprint density at radius 1 is 1.23 bits per heavy atom. The highest BCUT2D eigenvalue weighted by molar-refractivity contribution is 7.90. The quantitative estimate of drug-likeness (QED) is 0.307. The van der Waals surface area contributed by atoms with Crippen molar-refractivity contribution in [2.75, 3.05) is 0 Å². The van der Waals surface area contributed by atoms with Crippen molar-refractivity contribution in [2.24, 2.45) is 0 Å². The molecule has 3 N–H and O–H groups in total. The van der Waals surface area contributed by atoms with Crippen LogP contribution < -0.4 is 4.72 Å². The van der Waals surface area contributed by atoms with Crippen LogP contribution in [0.2, 0.25) is 0 Å². The molecule has 0 saturated heterocycles. The van der Waals surface area contributed by atoms with Crippen molar-refractivity contribution in [1.82, 2.24) is 4.72 Å². The minimum atomic E-state index is -4.43. The van der Waals surface area contributed by atoms with Crippen LogP contribution in [0.15, 0.2) is 22.6 Å². The number of Topliss-reactive ketones (excluding diaryl/α,β-unsaturated/α-hetero) is 1. The van der Waals surface area contributed by atoms with Crippen LogP contribution in [-0.4, -0.2) is 30.3 Å². The van der Waals surface area contributed by atoms with E-state index in [1.54, 1.807) is 0 Å². The number of hydrogen-bond acceptors (Lipinski definition) is 6. The molecule has 0 aliphatic heterocycles. The lowest BCUT2D eigenvalue weighted by Crippen LogP contribution is -2.32. The third kappa shape index (κ3) is 5.84. The number of carbonyl (C=O) groups excluding carboxylic acids is 2. The summed E-state index contributed by atoms with van der Waals surface area (Å²) in [7, 11) is -4.43. The van der Waals surface area contributed by atoms with Crippen LogP contribution in [0.1, 0.15) is 82.8 Å². The van der Waals surface area contributed by atoms with Crippen LogP contribution in [0, 0.1) is 0 Å². The van der Waals surface area contributed by atoms with Gasteiger partial charge in [-0.05, 0) is 57.6 Å². The number of rotatable bonds is 9. The maximum atomic E-state index is 13.0. The molecule has 2 rings (SSSR count). The van der Waals surface area contributed by atoms with Crippen LogP contribution in [-0.2, 0) is 26.0 Å². The summed E-state index contributed by atoms with van der Waals surface area (Å²) in [5.74, 6) is -2.41. The minimum Gasteiger partial charge on any atom is -0.507 e. The summed E-state index contributed by atoms with van der Waals surface area (Å²) in [5, 5.41) is 21.6. The van der Waals surface area contributed by atoms with E-state index in [0.717, 1.165) is 31.3 Å². The van der Waals surface area contributed by atoms with E-state index in [0.29, 0.717) is 19.3 Å². The first kappa shape index (κ1) is 23.9. The average molecular weight is 438 g/mol. The Labute approximate surface area is 178 Å². The zero-order chi connectivity index (χ0) is 22.5. The molecule has 1 atom stereocenters. The van der Waals surface area contributed by atoms with Crippen molar-refractivity contribution in [2.45, 2.75) is 83.0 Å². The van der Waals surface area contributed by atoms with Crippen LogP contribution in [0.3, 0.4) is 0 Å². The Kier molecular flexibility index (Phi) is 8.06. The van der Waals surface area contributed by atoms with E-state index in [9.17, 15) is 28.2 Å². The van der Waals surface area contributed by atoms with E-state index in [1.165, 1.54) is 13.0 Å². The van der Waals surface area contributed by atoms with Gasteiger partial charge in [0.15, 0.2) is 0 Å². The Balaban J connectivity index is 2.58. The molecular weight excluding hydrogens is 406 g/mol. The van der Waals surface area contributed by atoms with E-state index < -0.39 is 33.9 Å². The third-order valence-electron chi connectivity index (χ3n) is 5.27. The molecule has 1 unspecified atom stereocenters. The summed E-state index contributed by atoms with van der Waals surface area (Å²) in [6.45, 7) is 5.16. The number of amides is 1. The van der Waals surface area contributed by atoms with Gasteiger partial charge in [-0.2, -0.15) is 0 Å². The lowest BCUT2D eigenvalue weighted by atomic mass is 9.84. The van der Waals surface area contributed by atoms with Gasteiger partial charge in [0.25, 0.3) is 10.0 Å². The van der Waals surface area contributed by atoms with Crippen LogP contribution >= 0.6 is 0 Å². The molecule has 1 aromatic rings. The van der Waals surface area contributed by atoms with Crippen LogP contribution in [0.5, 0.6) is 11.5 Å². The number of unbranched alkanes of at least 4 members (excludes halogenated alkanes) is 2. The van der Waals surface area contributed by atoms with E-state index in [1.807, 2.05) is 24.6 Å². The molecule has 0 spiro atoms. The van der Waals surface area contributed by atoms with Crippen molar-refractivity contribution in [3.05, 3.63) is 28.8 Å². The molecular formula is C22H31NO6S. The van der Waals surface area contributed by atoms with Gasteiger partial charge in [0.05, 0.1) is 6.42 Å². The second-order valence-electron chi connectivity index (χ2n) is 8.02. The van der Waals surface area contributed by atoms with E-state index in [4.69, 9.17) is 0 Å². The van der Waals surface area contributed by atoms with Crippen molar-refractivity contribution < 1.29 is 28.2 Å². The first-order chi connectivity index (χ1) is 14.1. The van der Waals surface area contributed by atoms with E-state index in [-0.39, 0.29) is 27.7 Å². The maximum absolute atomic E-state index is 13.0. The third-order valence-corrected chi connectivity index (χ3v) is 6.76. The minimum absolute atomic E-state index is 0.149. The van der Waals surface area contributed by atoms with Crippen molar-refractivity contribution in [3.63, 3.8) is 0 Å². The largest absolute Gasteiger partial charge is 0.507 e. The molecule has 8 heteroatoms. The average Bonchev–Trinajstić information content (AvgIpc) is 2.60. The summed E-state index contributed by atoms with van der Waals surface area (Å²) in [4.78, 5) is 22.8. The Hall–Kier alpha value is -2.35. The number of aromatic hydroxyl groups is 2. The van der Waals surface area contributed by atoms with Crippen LogP contribution in [0.25, 0.3) is 0 Å². The summed E-state index contributed by atoms with van der Waals surface area (Å²) in [6.07, 6.45) is 6.57. The predicted octanol–water partition coefficient (Wildman–Crippen LogP) is 3.83. The zero-order valence-electron chi connectivity index (χ0n) is 17.8. The number of ketones is 1. The Bertz CT molecular complexity index is 949. The number of sulfonamides is 1. The molecule has 0 radical (unpaired) electrons. The van der Waals surface area contributed by atoms with Gasteiger partial charge in [-0.25, -0.2) is 13.1 Å². The van der Waals surface area contributed by atoms with Gasteiger partial charge in [-0.3, -0.25) is 9.59 Å². The van der Waals surface area contributed by atoms with Crippen molar-refractivity contribution in [1.29, 1.82) is 0 Å². The summed E-state index contributed by atoms with van der Waals surface area (Å²) >= 11 is 0. The van der Waals surface area contributed by atoms with Gasteiger partial charge < -0.3 is 10.2 Å². The van der Waals surface area contributed by atoms with Crippen molar-refractivity contribution in [3.8, 4) is 11.5 Å². The fourth-order valence-corrected chi connectivity index (χ4v) is 5.27. The summed E-state index contributed by atoms with van der Waals surface area (Å²) in [5.41, 5.74) is 1.52. The lowest BCUT2D eigenvalue weighted by molar-refractivity contribution is -0.126. The number of hydrogen-bond donors (Lipinski definition) is 3. The normalized spacial score (nSPS) is 16.8. The molecule has 1 amide bonds. The second-order valence-corrected chi connectivity index (χ2v) is 9.64. The molecule has 166 valence electrons. The molecule has 0 aromatic heterocycles. The first-order valence-corrected chi connectivity index (χ1v) is 11.8. The van der Waals surface area contributed by atoms with Crippen molar-refractivity contribution >= 4 is 21.7 Å². The summed E-state index contributed by atoms with van der Waals surface area (Å²) < 4.78 is 27.9. The van der Waals surface area contributed by atoms with Crippen LogP contribution in [0.4, 0.5) is 0 Å². The summed E-state index contributed by atoms with van der Waals surface area (Å²) in [6, 6.07) is 1.38. The predicted molar refractivity (Wildman–Crippen MR) is 114 cm³/mol. The SMILES string of the molecule is CCCCCc1cc(O)c(C2C=C(C)CCC2)c(O)c1S(=O)(=O)NC(=O)CC(C)=O. The van der Waals surface area contributed by atoms with E-state index in [2.05, 4.69) is 0 Å². The molecule has 0 saturated carbocycles. The fourth-order valence-electron chi connectivity index (χ4n) is 3.92. The highest BCUT2D eigenvalue weighted by Crippen LogP contribution is 2.45. The number of allylic oxidation sites excluding steroid dienone is 2. The molecule has 0 bridgehead atoms. The number of benzene rings is 1. The second kappa shape index (κ2) is 10.1. The van der Waals surface area contributed by atoms with Gasteiger partial charge in [-0.1, -0.05) is 31.4 Å². The molecule has 1 aliphatic carbocycles. The molecule has 1 aliphatic rings. The lowest BCUT2D eigenvalue weighted by Gasteiger charge is -2.24. The number of phenolic OH excluding ortho intramolecular Hbond substituents is 2. The topological polar surface area (TPSA) is 121 Å². The molecule has 0 fully saturated rings. The monoisotopic (exact) mass is 437 g/mol. The molecule has 7 nitrogen and oxygen atoms in total. The number of carbonyl (C=O) groups is 2. The smallest absolute Gasteiger partial charge is 0.268 e. The Morgan fingerprint density at radius 2 is 1.93 bits per heavy atom. The first-order valence-electron chi connectivity index (χ1n) is 10.4. The number of nitrogens with one attached hydrogen (secondary N) is 1. The standard InChI is InChI=1S/C22H31NO6S/c1-4-5-6-9-17-13-18(25)20(16-10-7-8-14(2)11-16)21(27)22(17)30(28,29)23-19(26)12-15(3)24/h11,13,16,25,27H,4-10,12H2,1-3H3,(H,23,26). The van der Waals surface area contributed by atoms with E-state index >= 15 is 0 Å². The zero-order valence-corrected chi connectivity index (χ0v) is 18.6. The van der Waals surface area contributed by atoms with Gasteiger partial charge >= 0.3 is 0 Å². The Morgan fingerprint density at radius 3 is 2.53 bits per heavy atom. The van der Waals surface area contributed by atoms with Gasteiger partial charge in [-0.15, -0.1) is 0 Å². The highest BCUT2D eigenvalue weighted by Gasteiger charge is 2.31.